The lowest BCUT2D eigenvalue weighted by atomic mass is 9.94. The molecule has 1 saturated heterocycles. The van der Waals surface area contributed by atoms with Crippen LogP contribution in [-0.4, -0.2) is 48.1 Å². The van der Waals surface area contributed by atoms with Crippen LogP contribution < -0.4 is 9.47 Å². The first kappa shape index (κ1) is 23.6. The Kier molecular flexibility index (Phi) is 6.48. The molecule has 0 radical (unpaired) electrons. The summed E-state index contributed by atoms with van der Waals surface area (Å²) in [6.45, 7) is 2.42. The topological polar surface area (TPSA) is 85.3 Å². The van der Waals surface area contributed by atoms with Crippen molar-refractivity contribution >= 4 is 17.4 Å². The molecule has 184 valence electrons. The molecule has 3 aromatic rings. The number of amides is 1. The van der Waals surface area contributed by atoms with E-state index >= 15 is 0 Å². The average molecular weight is 486 g/mol. The van der Waals surface area contributed by atoms with E-state index in [0.717, 1.165) is 11.3 Å². The van der Waals surface area contributed by atoms with E-state index in [1.165, 1.54) is 12.0 Å². The summed E-state index contributed by atoms with van der Waals surface area (Å²) in [4.78, 5) is 27.7. The minimum Gasteiger partial charge on any atom is -0.507 e. The number of Topliss-reactive ketones (excluding diaryl/α,β-unsaturated/α-hetero) is 1. The second kappa shape index (κ2) is 9.87. The lowest BCUT2D eigenvalue weighted by molar-refractivity contribution is -0.140. The van der Waals surface area contributed by atoms with Crippen LogP contribution in [-0.2, 0) is 20.7 Å². The summed E-state index contributed by atoms with van der Waals surface area (Å²) in [5.41, 5.74) is 2.12. The third kappa shape index (κ3) is 4.45. The van der Waals surface area contributed by atoms with Crippen LogP contribution in [0.25, 0.3) is 5.76 Å². The molecular weight excluding hydrogens is 458 g/mol. The molecule has 36 heavy (non-hydrogen) atoms. The van der Waals surface area contributed by atoms with Gasteiger partial charge in [-0.1, -0.05) is 30.3 Å². The quantitative estimate of drug-likeness (QED) is 0.292. The third-order valence-corrected chi connectivity index (χ3v) is 6.40. The van der Waals surface area contributed by atoms with Crippen molar-refractivity contribution in [3.8, 4) is 17.2 Å². The molecule has 2 aliphatic heterocycles. The van der Waals surface area contributed by atoms with Crippen molar-refractivity contribution in [2.75, 3.05) is 20.3 Å². The maximum atomic E-state index is 13.2. The second-order valence-corrected chi connectivity index (χ2v) is 8.93. The first-order valence-electron chi connectivity index (χ1n) is 11.9. The van der Waals surface area contributed by atoms with Crippen LogP contribution in [0, 0.1) is 0 Å². The number of benzene rings is 3. The number of carbonyl (C=O) groups is 2. The van der Waals surface area contributed by atoms with Crippen molar-refractivity contribution in [1.29, 1.82) is 0 Å². The Hall–Kier alpha value is -4.10. The van der Waals surface area contributed by atoms with E-state index in [0.29, 0.717) is 29.0 Å². The predicted octanol–water partition coefficient (Wildman–Crippen LogP) is 4.87. The van der Waals surface area contributed by atoms with E-state index in [1.54, 1.807) is 30.3 Å². The van der Waals surface area contributed by atoms with Gasteiger partial charge in [-0.15, -0.1) is 0 Å². The van der Waals surface area contributed by atoms with Gasteiger partial charge in [-0.2, -0.15) is 0 Å². The summed E-state index contributed by atoms with van der Waals surface area (Å²) < 4.78 is 16.9. The number of fused-ring (bicyclic) bond motifs is 1. The van der Waals surface area contributed by atoms with Crippen molar-refractivity contribution < 1.29 is 28.9 Å². The number of hydrogen-bond acceptors (Lipinski definition) is 6. The Morgan fingerprint density at radius 2 is 1.81 bits per heavy atom. The Morgan fingerprint density at radius 1 is 1.03 bits per heavy atom. The fourth-order valence-corrected chi connectivity index (χ4v) is 4.74. The van der Waals surface area contributed by atoms with Crippen LogP contribution in [0.1, 0.15) is 29.7 Å². The lowest BCUT2D eigenvalue weighted by Gasteiger charge is -2.25. The molecule has 2 atom stereocenters. The monoisotopic (exact) mass is 485 g/mol. The molecule has 5 rings (SSSR count). The summed E-state index contributed by atoms with van der Waals surface area (Å²) >= 11 is 0. The highest BCUT2D eigenvalue weighted by Gasteiger charge is 2.46. The highest BCUT2D eigenvalue weighted by atomic mass is 16.5. The zero-order valence-corrected chi connectivity index (χ0v) is 20.1. The van der Waals surface area contributed by atoms with Gasteiger partial charge in [0.25, 0.3) is 11.7 Å². The van der Waals surface area contributed by atoms with Crippen molar-refractivity contribution in [2.45, 2.75) is 25.5 Å². The molecule has 1 amide bonds. The van der Waals surface area contributed by atoms with Gasteiger partial charge in [0.2, 0.25) is 0 Å². The van der Waals surface area contributed by atoms with Crippen molar-refractivity contribution in [3.05, 3.63) is 95.1 Å². The number of rotatable bonds is 7. The Bertz CT molecular complexity index is 1330. The number of aliphatic hydroxyl groups excluding tert-OH is 1. The van der Waals surface area contributed by atoms with Crippen molar-refractivity contribution in [2.24, 2.45) is 0 Å². The van der Waals surface area contributed by atoms with Gasteiger partial charge in [0.1, 0.15) is 29.1 Å². The molecule has 2 aliphatic rings. The lowest BCUT2D eigenvalue weighted by Crippen LogP contribution is -2.32. The van der Waals surface area contributed by atoms with Crippen LogP contribution in [0.5, 0.6) is 17.2 Å². The maximum absolute atomic E-state index is 13.2. The number of hydrogen-bond donors (Lipinski definition) is 1. The number of nitrogens with zero attached hydrogens (tertiary/aromatic N) is 1. The highest BCUT2D eigenvalue weighted by molar-refractivity contribution is 6.46. The van der Waals surface area contributed by atoms with Gasteiger partial charge in [-0.3, -0.25) is 9.59 Å². The molecule has 0 bridgehead atoms. The van der Waals surface area contributed by atoms with E-state index in [4.69, 9.17) is 14.2 Å². The van der Waals surface area contributed by atoms with Gasteiger partial charge in [0.15, 0.2) is 0 Å². The van der Waals surface area contributed by atoms with Crippen LogP contribution in [0.2, 0.25) is 0 Å². The number of methoxy groups -OCH3 is 1. The first-order chi connectivity index (χ1) is 17.5. The van der Waals surface area contributed by atoms with E-state index in [-0.39, 0.29) is 30.6 Å². The molecule has 2 unspecified atom stereocenters. The van der Waals surface area contributed by atoms with E-state index in [2.05, 4.69) is 0 Å². The molecule has 7 nitrogen and oxygen atoms in total. The van der Waals surface area contributed by atoms with Gasteiger partial charge in [0.05, 0.1) is 18.2 Å². The fraction of sp³-hybridized carbons (Fsp3) is 0.241. The summed E-state index contributed by atoms with van der Waals surface area (Å²) in [6, 6.07) is 21.1. The molecule has 2 heterocycles. The first-order valence-corrected chi connectivity index (χ1v) is 11.9. The van der Waals surface area contributed by atoms with Gasteiger partial charge in [-0.25, -0.2) is 0 Å². The smallest absolute Gasteiger partial charge is 0.295 e. The number of ether oxygens (including phenoxy) is 3. The normalized spacial score (nSPS) is 20.3. The molecule has 1 fully saturated rings. The van der Waals surface area contributed by atoms with E-state index < -0.39 is 17.7 Å². The summed E-state index contributed by atoms with van der Waals surface area (Å²) in [7, 11) is 1.54. The highest BCUT2D eigenvalue weighted by Crippen LogP contribution is 2.41. The maximum Gasteiger partial charge on any atom is 0.295 e. The van der Waals surface area contributed by atoms with E-state index in [9.17, 15) is 14.7 Å². The molecule has 0 aliphatic carbocycles. The van der Waals surface area contributed by atoms with Gasteiger partial charge < -0.3 is 24.2 Å². The Morgan fingerprint density at radius 3 is 2.58 bits per heavy atom. The van der Waals surface area contributed by atoms with Gasteiger partial charge in [0, 0.05) is 25.6 Å². The van der Waals surface area contributed by atoms with Crippen molar-refractivity contribution in [1.82, 2.24) is 4.90 Å². The molecule has 0 saturated carbocycles. The summed E-state index contributed by atoms with van der Waals surface area (Å²) in [5.74, 6) is 0.369. The molecule has 0 aromatic heterocycles. The van der Waals surface area contributed by atoms with Gasteiger partial charge in [-0.05, 0) is 60.5 Å². The summed E-state index contributed by atoms with van der Waals surface area (Å²) in [5, 5.41) is 11.4. The number of likely N-dealkylation sites (tertiary alicyclic amines) is 1. The Balaban J connectivity index is 1.58. The number of para-hydroxylation sites is 1. The minimum atomic E-state index is -0.789. The standard InChI is InChI=1S/C29H27NO6/c1-18-15-21-16-20(11-12-24(21)35-18)27(31)25-26(30(13-14-34-2)29(33)28(25)32)19-7-6-10-23(17-19)36-22-8-4-3-5-9-22/h3-12,16-18,26,31H,13-15H2,1-2H3. The van der Waals surface area contributed by atoms with Crippen LogP contribution in [0.3, 0.4) is 0 Å². The Labute approximate surface area is 209 Å². The number of ketones is 1. The van der Waals surface area contributed by atoms with Crippen LogP contribution in [0.15, 0.2) is 78.4 Å². The SMILES string of the molecule is COCCN1C(=O)C(=O)C(=C(O)c2ccc3c(c2)CC(C)O3)C1c1cccc(Oc2ccccc2)c1. The molecular formula is C29H27NO6. The van der Waals surface area contributed by atoms with Crippen LogP contribution in [0.4, 0.5) is 0 Å². The van der Waals surface area contributed by atoms with Gasteiger partial charge >= 0.3 is 0 Å². The zero-order chi connectivity index (χ0) is 25.2. The van der Waals surface area contributed by atoms with E-state index in [1.807, 2.05) is 49.4 Å². The molecule has 0 spiro atoms. The number of aliphatic hydroxyl groups is 1. The third-order valence-electron chi connectivity index (χ3n) is 6.40. The average Bonchev–Trinajstić information content (AvgIpc) is 3.38. The summed E-state index contributed by atoms with van der Waals surface area (Å²) in [6.07, 6.45) is 0.755. The second-order valence-electron chi connectivity index (χ2n) is 8.93. The fourth-order valence-electron chi connectivity index (χ4n) is 4.74. The zero-order valence-electron chi connectivity index (χ0n) is 20.1. The molecule has 7 heteroatoms. The molecule has 3 aromatic carbocycles. The largest absolute Gasteiger partial charge is 0.507 e. The minimum absolute atomic E-state index is 0.0416. The van der Waals surface area contributed by atoms with Crippen LogP contribution >= 0.6 is 0 Å². The van der Waals surface area contributed by atoms with Crippen molar-refractivity contribution in [3.63, 3.8) is 0 Å². The predicted molar refractivity (Wildman–Crippen MR) is 134 cm³/mol. The number of carbonyl (C=O) groups excluding carboxylic acids is 2. The molecule has 1 N–H and O–H groups in total.